The van der Waals surface area contributed by atoms with E-state index in [4.69, 9.17) is 10.00 Å². The molecule has 0 saturated carbocycles. The van der Waals surface area contributed by atoms with Crippen molar-refractivity contribution in [2.75, 3.05) is 31.1 Å². The molecule has 1 N–H and O–H groups in total. The minimum Gasteiger partial charge on any atom is -0.444 e. The van der Waals surface area contributed by atoms with Crippen molar-refractivity contribution >= 4 is 11.8 Å². The number of hydrogen-bond acceptors (Lipinski definition) is 5. The van der Waals surface area contributed by atoms with Gasteiger partial charge in [0.15, 0.2) is 0 Å². The summed E-state index contributed by atoms with van der Waals surface area (Å²) in [5.74, 6) is 0. The second kappa shape index (κ2) is 6.88. The fourth-order valence-electron chi connectivity index (χ4n) is 2.55. The third-order valence-corrected chi connectivity index (χ3v) is 3.65. The Kier molecular flexibility index (Phi) is 5.12. The first-order valence-electron chi connectivity index (χ1n) is 7.71. The lowest BCUT2D eigenvalue weighted by Gasteiger charge is -2.37. The second-order valence-corrected chi connectivity index (χ2v) is 6.57. The summed E-state index contributed by atoms with van der Waals surface area (Å²) in [6.45, 7) is 7.91. The van der Waals surface area contributed by atoms with Gasteiger partial charge in [-0.2, -0.15) is 5.26 Å². The maximum atomic E-state index is 12.1. The van der Waals surface area contributed by atoms with Crippen molar-refractivity contribution in [3.63, 3.8) is 0 Å². The molecule has 1 heterocycles. The molecular formula is C17H23N3O3. The normalized spacial score (nSPS) is 15.3. The lowest BCUT2D eigenvalue weighted by molar-refractivity contribution is 0.0240. The predicted octanol–water partition coefficient (Wildman–Crippen LogP) is 2.11. The molecule has 6 nitrogen and oxygen atoms in total. The number of anilines is 1. The topological polar surface area (TPSA) is 76.8 Å². The highest BCUT2D eigenvalue weighted by atomic mass is 16.6. The van der Waals surface area contributed by atoms with E-state index < -0.39 is 5.60 Å². The van der Waals surface area contributed by atoms with Crippen LogP contribution in [0.25, 0.3) is 0 Å². The molecule has 1 amide bonds. The standard InChI is InChI=1S/C17H23N3O3/c1-17(2,3)23-16(22)20-8-6-19(7-9-20)15-5-4-13(11-18)10-14(15)12-21/h4-5,10,21H,6-9,12H2,1-3H3. The first-order valence-corrected chi connectivity index (χ1v) is 7.71. The van der Waals surface area contributed by atoms with Crippen LogP contribution in [0.5, 0.6) is 0 Å². The summed E-state index contributed by atoms with van der Waals surface area (Å²) in [5, 5.41) is 18.5. The van der Waals surface area contributed by atoms with Crippen LogP contribution in [-0.4, -0.2) is 47.9 Å². The summed E-state index contributed by atoms with van der Waals surface area (Å²) in [6, 6.07) is 7.38. The monoisotopic (exact) mass is 317 g/mol. The fraction of sp³-hybridized carbons (Fsp3) is 0.529. The summed E-state index contributed by atoms with van der Waals surface area (Å²) >= 11 is 0. The second-order valence-electron chi connectivity index (χ2n) is 6.57. The number of aliphatic hydroxyl groups is 1. The van der Waals surface area contributed by atoms with Crippen LogP contribution in [0, 0.1) is 11.3 Å². The maximum absolute atomic E-state index is 12.1. The Morgan fingerprint density at radius 1 is 1.30 bits per heavy atom. The van der Waals surface area contributed by atoms with Crippen molar-refractivity contribution in [1.29, 1.82) is 5.26 Å². The van der Waals surface area contributed by atoms with Crippen LogP contribution in [0.3, 0.4) is 0 Å². The number of ether oxygens (including phenoxy) is 1. The molecule has 0 atom stereocenters. The molecule has 1 aromatic carbocycles. The third-order valence-electron chi connectivity index (χ3n) is 3.65. The molecule has 1 saturated heterocycles. The first kappa shape index (κ1) is 17.1. The van der Waals surface area contributed by atoms with Gasteiger partial charge >= 0.3 is 6.09 Å². The Hall–Kier alpha value is -2.26. The molecule has 124 valence electrons. The number of nitriles is 1. The van der Waals surface area contributed by atoms with Crippen molar-refractivity contribution in [2.24, 2.45) is 0 Å². The van der Waals surface area contributed by atoms with Crippen LogP contribution < -0.4 is 4.90 Å². The van der Waals surface area contributed by atoms with Crippen LogP contribution in [0.4, 0.5) is 10.5 Å². The summed E-state index contributed by atoms with van der Waals surface area (Å²) in [5.41, 5.74) is 1.68. The van der Waals surface area contributed by atoms with E-state index >= 15 is 0 Å². The molecule has 1 fully saturated rings. The highest BCUT2D eigenvalue weighted by Crippen LogP contribution is 2.24. The van der Waals surface area contributed by atoms with Crippen molar-refractivity contribution in [1.82, 2.24) is 4.90 Å². The number of aliphatic hydroxyl groups excluding tert-OH is 1. The van der Waals surface area contributed by atoms with E-state index in [9.17, 15) is 9.90 Å². The largest absolute Gasteiger partial charge is 0.444 e. The predicted molar refractivity (Wildman–Crippen MR) is 87.1 cm³/mol. The Bertz CT molecular complexity index is 608. The van der Waals surface area contributed by atoms with E-state index in [-0.39, 0.29) is 12.7 Å². The minimum atomic E-state index is -0.495. The van der Waals surface area contributed by atoms with Crippen LogP contribution in [-0.2, 0) is 11.3 Å². The lowest BCUT2D eigenvalue weighted by atomic mass is 10.1. The molecule has 23 heavy (non-hydrogen) atoms. The first-order chi connectivity index (χ1) is 10.8. The SMILES string of the molecule is CC(C)(C)OC(=O)N1CCN(c2ccc(C#N)cc2CO)CC1. The Balaban J connectivity index is 2.02. The Labute approximate surface area is 136 Å². The number of piperazine rings is 1. The van der Waals surface area contributed by atoms with Gasteiger partial charge in [0.25, 0.3) is 0 Å². The molecular weight excluding hydrogens is 294 g/mol. The van der Waals surface area contributed by atoms with E-state index in [1.165, 1.54) is 0 Å². The van der Waals surface area contributed by atoms with Crippen molar-refractivity contribution in [3.05, 3.63) is 29.3 Å². The van der Waals surface area contributed by atoms with E-state index in [0.29, 0.717) is 31.7 Å². The van der Waals surface area contributed by atoms with Crippen LogP contribution >= 0.6 is 0 Å². The lowest BCUT2D eigenvalue weighted by Crippen LogP contribution is -2.50. The summed E-state index contributed by atoms with van der Waals surface area (Å²) in [7, 11) is 0. The van der Waals surface area contributed by atoms with Gasteiger partial charge in [0.1, 0.15) is 5.60 Å². The van der Waals surface area contributed by atoms with Crippen LogP contribution in [0.1, 0.15) is 31.9 Å². The van der Waals surface area contributed by atoms with Gasteiger partial charge in [0, 0.05) is 37.4 Å². The number of benzene rings is 1. The molecule has 6 heteroatoms. The van der Waals surface area contributed by atoms with E-state index in [1.54, 1.807) is 17.0 Å². The third kappa shape index (κ3) is 4.36. The molecule has 1 aromatic rings. The average molecular weight is 317 g/mol. The number of hydrogen-bond donors (Lipinski definition) is 1. The molecule has 0 bridgehead atoms. The van der Waals surface area contributed by atoms with Gasteiger partial charge < -0.3 is 19.6 Å². The molecule has 2 rings (SSSR count). The highest BCUT2D eigenvalue weighted by molar-refractivity contribution is 5.69. The zero-order valence-electron chi connectivity index (χ0n) is 13.9. The fourth-order valence-corrected chi connectivity index (χ4v) is 2.55. The van der Waals surface area contributed by atoms with Gasteiger partial charge in [-0.3, -0.25) is 0 Å². The van der Waals surface area contributed by atoms with Gasteiger partial charge in [-0.05, 0) is 39.0 Å². The van der Waals surface area contributed by atoms with E-state index in [1.807, 2.05) is 26.8 Å². The van der Waals surface area contributed by atoms with Gasteiger partial charge in [-0.1, -0.05) is 0 Å². The van der Waals surface area contributed by atoms with Gasteiger partial charge in [0.2, 0.25) is 0 Å². The van der Waals surface area contributed by atoms with Crippen LogP contribution in [0.15, 0.2) is 18.2 Å². The van der Waals surface area contributed by atoms with Gasteiger partial charge in [0.05, 0.1) is 18.2 Å². The smallest absolute Gasteiger partial charge is 0.410 e. The number of carbonyl (C=O) groups is 1. The Morgan fingerprint density at radius 2 is 1.96 bits per heavy atom. The molecule has 0 aliphatic carbocycles. The highest BCUT2D eigenvalue weighted by Gasteiger charge is 2.26. The summed E-state index contributed by atoms with van der Waals surface area (Å²) in [6.07, 6.45) is -0.292. The van der Waals surface area contributed by atoms with Crippen molar-refractivity contribution < 1.29 is 14.6 Å². The quantitative estimate of drug-likeness (QED) is 0.904. The molecule has 0 spiro atoms. The Morgan fingerprint density at radius 3 is 2.48 bits per heavy atom. The van der Waals surface area contributed by atoms with Crippen molar-refractivity contribution in [3.8, 4) is 6.07 Å². The minimum absolute atomic E-state index is 0.114. The summed E-state index contributed by atoms with van der Waals surface area (Å²) < 4.78 is 5.39. The van der Waals surface area contributed by atoms with Gasteiger partial charge in [-0.25, -0.2) is 4.79 Å². The molecule has 0 unspecified atom stereocenters. The molecule has 1 aliphatic rings. The van der Waals surface area contributed by atoms with Gasteiger partial charge in [-0.15, -0.1) is 0 Å². The molecule has 0 aromatic heterocycles. The maximum Gasteiger partial charge on any atom is 0.410 e. The van der Waals surface area contributed by atoms with Crippen molar-refractivity contribution in [2.45, 2.75) is 33.0 Å². The van der Waals surface area contributed by atoms with Crippen LogP contribution in [0.2, 0.25) is 0 Å². The van der Waals surface area contributed by atoms with E-state index in [0.717, 1.165) is 11.3 Å². The number of amides is 1. The zero-order valence-corrected chi connectivity index (χ0v) is 13.9. The number of nitrogens with zero attached hydrogens (tertiary/aromatic N) is 3. The number of carbonyl (C=O) groups excluding carboxylic acids is 1. The average Bonchev–Trinajstić information content (AvgIpc) is 2.52. The zero-order chi connectivity index (χ0) is 17.0. The number of rotatable bonds is 2. The van der Waals surface area contributed by atoms with E-state index in [2.05, 4.69) is 11.0 Å². The molecule has 0 radical (unpaired) electrons. The summed E-state index contributed by atoms with van der Waals surface area (Å²) in [4.78, 5) is 15.9. The molecule has 1 aliphatic heterocycles.